The molecule has 0 saturated heterocycles. The molecule has 0 N–H and O–H groups in total. The molecule has 0 saturated carbocycles. The molecule has 0 fully saturated rings. The van der Waals surface area contributed by atoms with E-state index >= 15 is 0 Å². The molecule has 0 aliphatic rings. The van der Waals surface area contributed by atoms with Gasteiger partial charge in [-0.3, -0.25) is 0 Å². The number of rotatable bonds is 0. The van der Waals surface area contributed by atoms with E-state index in [0.29, 0.717) is 24.7 Å². The summed E-state index contributed by atoms with van der Waals surface area (Å²) in [6.07, 6.45) is 0. The summed E-state index contributed by atoms with van der Waals surface area (Å²) < 4.78 is 16.9. The molecule has 0 atom stereocenters. The van der Waals surface area contributed by atoms with Crippen molar-refractivity contribution in [2.24, 2.45) is 0 Å². The maximum atomic E-state index is 8.55. The quantitative estimate of drug-likeness (QED) is 0.301. The van der Waals surface area contributed by atoms with Crippen molar-refractivity contribution in [2.75, 3.05) is 0 Å². The number of hydrogen-bond donors (Lipinski definition) is 0. The second kappa shape index (κ2) is 8.79. The van der Waals surface area contributed by atoms with E-state index in [1.165, 1.54) is 0 Å². The van der Waals surface area contributed by atoms with E-state index < -0.39 is 7.82 Å². The van der Waals surface area contributed by atoms with Gasteiger partial charge in [-0.05, 0) is 0 Å². The van der Waals surface area contributed by atoms with E-state index in [9.17, 15) is 0 Å². The molecular formula is NaO5PZr. The van der Waals surface area contributed by atoms with Crippen LogP contribution in [0.15, 0.2) is 0 Å². The van der Waals surface area contributed by atoms with Gasteiger partial charge in [0, 0.05) is 0 Å². The van der Waals surface area contributed by atoms with Gasteiger partial charge in [-0.15, -0.1) is 0 Å². The van der Waals surface area contributed by atoms with Crippen molar-refractivity contribution in [3.05, 3.63) is 0 Å². The fourth-order valence-corrected chi connectivity index (χ4v) is 0. The third-order valence-electron chi connectivity index (χ3n) is 0. The summed E-state index contributed by atoms with van der Waals surface area (Å²) >= 11 is 0.300. The van der Waals surface area contributed by atoms with E-state index in [4.69, 9.17) is 22.1 Å². The monoisotopic (exact) mass is 224 g/mol. The van der Waals surface area contributed by atoms with Crippen LogP contribution in [0.5, 0.6) is 0 Å². The van der Waals surface area contributed by atoms with Crippen molar-refractivity contribution in [3.8, 4) is 0 Å². The van der Waals surface area contributed by atoms with Gasteiger partial charge in [0.25, 0.3) is 0 Å². The van der Waals surface area contributed by atoms with Crippen molar-refractivity contribution in [2.45, 2.75) is 0 Å². The van der Waals surface area contributed by atoms with Crippen LogP contribution < -0.4 is 44.2 Å². The van der Waals surface area contributed by atoms with Crippen molar-refractivity contribution >= 4 is 7.82 Å². The Morgan fingerprint density at radius 1 is 1.12 bits per heavy atom. The second-order valence-corrected chi connectivity index (χ2v) is 1.34. The summed E-state index contributed by atoms with van der Waals surface area (Å²) in [5, 5.41) is 0. The van der Waals surface area contributed by atoms with Gasteiger partial charge in [-0.1, -0.05) is 0 Å². The molecule has 0 heterocycles. The Bertz CT molecular complexity index is 68.2. The van der Waals surface area contributed by atoms with Crippen LogP contribution in [-0.4, -0.2) is 0 Å². The van der Waals surface area contributed by atoms with Gasteiger partial charge in [0.15, 0.2) is 0 Å². The molecule has 8 heteroatoms. The Labute approximate surface area is 83.3 Å². The van der Waals surface area contributed by atoms with Crippen LogP contribution >= 0.6 is 7.82 Å². The van der Waals surface area contributed by atoms with E-state index in [1.807, 2.05) is 0 Å². The number of phosphoric acid groups is 1. The van der Waals surface area contributed by atoms with Crippen LogP contribution in [-0.2, 0) is 32.1 Å². The topological polar surface area (TPSA) is 103 Å². The van der Waals surface area contributed by atoms with E-state index in [2.05, 4.69) is 0 Å². The van der Waals surface area contributed by atoms with Crippen molar-refractivity contribution in [3.63, 3.8) is 0 Å². The normalized spacial score (nSPS) is 8.12. The van der Waals surface area contributed by atoms with Crippen molar-refractivity contribution in [1.82, 2.24) is 0 Å². The van der Waals surface area contributed by atoms with Gasteiger partial charge in [0.1, 0.15) is 0 Å². The summed E-state index contributed by atoms with van der Waals surface area (Å²) in [4.78, 5) is 25.6. The summed E-state index contributed by atoms with van der Waals surface area (Å²) in [5.74, 6) is 0. The zero-order valence-electron chi connectivity index (χ0n) is 3.99. The summed E-state index contributed by atoms with van der Waals surface area (Å²) in [6.45, 7) is 0. The molecule has 8 heavy (non-hydrogen) atoms. The Hall–Kier alpha value is 1.79. The summed E-state index contributed by atoms with van der Waals surface area (Å²) in [7, 11) is -5.39. The van der Waals surface area contributed by atoms with Crippen molar-refractivity contribution in [1.29, 1.82) is 0 Å². The van der Waals surface area contributed by atoms with Gasteiger partial charge < -0.3 is 19.2 Å². The summed E-state index contributed by atoms with van der Waals surface area (Å²) in [6, 6.07) is 0. The standard InChI is InChI=1S/Na.H3O4P.O.Zr/c;1-5(2,3)4;;/h;(H3,1,2,3,4);;/q+1;;;+2/p-3. The van der Waals surface area contributed by atoms with E-state index in [0.717, 1.165) is 0 Å². The first-order valence-corrected chi connectivity index (χ1v) is 3.40. The van der Waals surface area contributed by atoms with Crippen LogP contribution in [0.25, 0.3) is 0 Å². The predicted molar refractivity (Wildman–Crippen MR) is 8.29 cm³/mol. The minimum atomic E-state index is -5.39. The zero-order valence-corrected chi connectivity index (χ0v) is 9.34. The average molecular weight is 225 g/mol. The molecule has 0 radical (unpaired) electrons. The fourth-order valence-electron chi connectivity index (χ4n) is 0. The maximum absolute atomic E-state index is 8.55. The first-order valence-electron chi connectivity index (χ1n) is 0.934. The first kappa shape index (κ1) is 16.4. The molecular weight excluding hydrogens is 225 g/mol. The molecule has 0 rings (SSSR count). The van der Waals surface area contributed by atoms with Gasteiger partial charge in [0.05, 0.1) is 0 Å². The Kier molecular flexibility index (Phi) is 18.0. The fraction of sp³-hybridized carbons (Fsp3) is 0. The average Bonchev–Trinajstić information content (AvgIpc) is 1.36. The first-order chi connectivity index (χ1) is 3.00. The van der Waals surface area contributed by atoms with Gasteiger partial charge in [-0.2, -0.15) is 7.82 Å². The Morgan fingerprint density at radius 2 is 1.12 bits per heavy atom. The number of hydrogen-bond acceptors (Lipinski definition) is 5. The van der Waals surface area contributed by atoms with Crippen LogP contribution in [0.4, 0.5) is 0 Å². The predicted octanol–water partition coefficient (Wildman–Crippen LogP) is -5.94. The Morgan fingerprint density at radius 3 is 1.12 bits per heavy atom. The molecule has 0 spiro atoms. The molecule has 5 nitrogen and oxygen atoms in total. The van der Waals surface area contributed by atoms with Crippen LogP contribution in [0.3, 0.4) is 0 Å². The van der Waals surface area contributed by atoms with Crippen LogP contribution in [0.1, 0.15) is 0 Å². The van der Waals surface area contributed by atoms with Crippen LogP contribution in [0, 0.1) is 0 Å². The molecule has 0 aliphatic heterocycles. The third kappa shape index (κ3) is 112. The third-order valence-corrected chi connectivity index (χ3v) is 0. The van der Waals surface area contributed by atoms with E-state index in [-0.39, 0.29) is 29.6 Å². The molecule has 0 amide bonds. The summed E-state index contributed by atoms with van der Waals surface area (Å²) in [5.41, 5.74) is 0. The molecule has 0 bridgehead atoms. The molecule has 0 aromatic heterocycles. The molecule has 0 aromatic carbocycles. The van der Waals surface area contributed by atoms with Gasteiger partial charge >= 0.3 is 57.1 Å². The Balaban J connectivity index is -0.0000000750. The van der Waals surface area contributed by atoms with E-state index in [1.54, 1.807) is 0 Å². The molecule has 40 valence electrons. The molecule has 0 aliphatic carbocycles. The van der Waals surface area contributed by atoms with Crippen molar-refractivity contribution < 1.29 is 76.3 Å². The van der Waals surface area contributed by atoms with Gasteiger partial charge in [-0.25, -0.2) is 0 Å². The minimum absolute atomic E-state index is 0. The molecule has 0 aromatic rings. The second-order valence-electron chi connectivity index (χ2n) is 0.447. The van der Waals surface area contributed by atoms with Gasteiger partial charge in [0.2, 0.25) is 0 Å². The zero-order chi connectivity index (χ0) is 6.50. The van der Waals surface area contributed by atoms with Crippen LogP contribution in [0.2, 0.25) is 0 Å². The SMILES string of the molecule is O=P([O-])([O-])[O-].[Na+].[O]=[Zr+2]. The molecule has 0 unspecified atom stereocenters.